The van der Waals surface area contributed by atoms with Gasteiger partial charge in [-0.3, -0.25) is 15.1 Å². The molecule has 1 amide bonds. The van der Waals surface area contributed by atoms with E-state index in [0.29, 0.717) is 43.5 Å². The number of halogens is 3. The number of benzene rings is 2. The second-order valence-corrected chi connectivity index (χ2v) is 8.68. The van der Waals surface area contributed by atoms with Crippen molar-refractivity contribution in [3.63, 3.8) is 0 Å². The second kappa shape index (κ2) is 9.32. The molecule has 0 radical (unpaired) electrons. The molecule has 0 aliphatic heterocycles. The molecule has 4 rings (SSSR count). The Morgan fingerprint density at radius 2 is 1.90 bits per heavy atom. The summed E-state index contributed by atoms with van der Waals surface area (Å²) in [6.45, 7) is 0. The maximum Gasteiger partial charge on any atom is 0.259 e. The first-order valence-corrected chi connectivity index (χ1v) is 10.9. The minimum absolute atomic E-state index is 0.184. The standard InChI is InChI=1S/C21H13BrCl2N4O2S/c22-13-6-12(9-25-10-13)20(29)28-21(31)26-15-3-1-11(2-4-15)5-18-27-17-8-14(23)7-16(24)19(17)30-18/h1-4,6-10H,5H2,(H2,26,28,29,31). The van der Waals surface area contributed by atoms with Crippen LogP contribution in [0.4, 0.5) is 5.69 Å². The summed E-state index contributed by atoms with van der Waals surface area (Å²) in [4.78, 5) is 20.6. The topological polar surface area (TPSA) is 80.0 Å². The number of rotatable bonds is 4. The van der Waals surface area contributed by atoms with Gasteiger partial charge in [0.2, 0.25) is 0 Å². The molecule has 31 heavy (non-hydrogen) atoms. The third-order valence-corrected chi connectivity index (χ3v) is 5.35. The van der Waals surface area contributed by atoms with Gasteiger partial charge in [-0.05, 0) is 64.0 Å². The molecule has 2 aromatic heterocycles. The largest absolute Gasteiger partial charge is 0.439 e. The molecule has 0 unspecified atom stereocenters. The van der Waals surface area contributed by atoms with Crippen molar-refractivity contribution >= 4 is 79.2 Å². The van der Waals surface area contributed by atoms with Crippen molar-refractivity contribution in [3.05, 3.63) is 86.4 Å². The molecule has 4 aromatic rings. The highest BCUT2D eigenvalue weighted by atomic mass is 79.9. The molecular weight excluding hydrogens is 523 g/mol. The first kappa shape index (κ1) is 21.7. The van der Waals surface area contributed by atoms with Crippen LogP contribution < -0.4 is 10.6 Å². The van der Waals surface area contributed by atoms with Gasteiger partial charge in [0, 0.05) is 34.0 Å². The minimum Gasteiger partial charge on any atom is -0.439 e. The summed E-state index contributed by atoms with van der Waals surface area (Å²) in [6, 6.07) is 12.5. The average molecular weight is 536 g/mol. The number of oxazole rings is 1. The zero-order valence-corrected chi connectivity index (χ0v) is 19.6. The molecule has 6 nitrogen and oxygen atoms in total. The van der Waals surface area contributed by atoms with E-state index in [2.05, 4.69) is 36.5 Å². The van der Waals surface area contributed by atoms with Crippen LogP contribution in [0.1, 0.15) is 21.8 Å². The molecule has 2 aromatic carbocycles. The van der Waals surface area contributed by atoms with Gasteiger partial charge < -0.3 is 9.73 Å². The van der Waals surface area contributed by atoms with Crippen LogP contribution in [0.2, 0.25) is 10.0 Å². The van der Waals surface area contributed by atoms with E-state index < -0.39 is 0 Å². The highest BCUT2D eigenvalue weighted by molar-refractivity contribution is 9.10. The number of pyridine rings is 1. The Hall–Kier alpha value is -2.52. The summed E-state index contributed by atoms with van der Waals surface area (Å²) in [5.74, 6) is 0.183. The fraction of sp³-hybridized carbons (Fsp3) is 0.0476. The van der Waals surface area contributed by atoms with Gasteiger partial charge in [-0.25, -0.2) is 4.98 Å². The lowest BCUT2D eigenvalue weighted by atomic mass is 10.1. The Bertz CT molecular complexity index is 1290. The van der Waals surface area contributed by atoms with Crippen LogP contribution in [-0.2, 0) is 6.42 Å². The Kier molecular flexibility index (Phi) is 6.52. The van der Waals surface area contributed by atoms with Gasteiger partial charge in [0.25, 0.3) is 5.91 Å². The van der Waals surface area contributed by atoms with Crippen LogP contribution in [0.3, 0.4) is 0 Å². The van der Waals surface area contributed by atoms with Crippen molar-refractivity contribution in [2.45, 2.75) is 6.42 Å². The number of nitrogens with one attached hydrogen (secondary N) is 2. The van der Waals surface area contributed by atoms with Crippen LogP contribution in [-0.4, -0.2) is 21.0 Å². The Balaban J connectivity index is 1.38. The number of hydrogen-bond acceptors (Lipinski definition) is 5. The fourth-order valence-corrected chi connectivity index (χ4v) is 3.93. The van der Waals surface area contributed by atoms with Crippen molar-refractivity contribution < 1.29 is 9.21 Å². The van der Waals surface area contributed by atoms with E-state index in [9.17, 15) is 4.79 Å². The number of carbonyl (C=O) groups is 1. The van der Waals surface area contributed by atoms with Gasteiger partial charge in [0.15, 0.2) is 16.6 Å². The lowest BCUT2D eigenvalue weighted by Gasteiger charge is -2.10. The molecule has 2 heterocycles. The lowest BCUT2D eigenvalue weighted by molar-refractivity contribution is 0.0977. The van der Waals surface area contributed by atoms with Gasteiger partial charge in [0.05, 0.1) is 10.6 Å². The molecule has 0 atom stereocenters. The Morgan fingerprint density at radius 1 is 1.13 bits per heavy atom. The van der Waals surface area contributed by atoms with Crippen molar-refractivity contribution in [3.8, 4) is 0 Å². The van der Waals surface area contributed by atoms with Crippen LogP contribution in [0.5, 0.6) is 0 Å². The summed E-state index contributed by atoms with van der Waals surface area (Å²) in [5, 5.41) is 6.72. The van der Waals surface area contributed by atoms with E-state index in [0.717, 1.165) is 11.3 Å². The number of amides is 1. The monoisotopic (exact) mass is 534 g/mol. The number of anilines is 1. The van der Waals surface area contributed by atoms with Crippen molar-refractivity contribution in [1.29, 1.82) is 0 Å². The SMILES string of the molecule is O=C(NC(=S)Nc1ccc(Cc2nc3cc(Cl)cc(Cl)c3o2)cc1)c1cncc(Br)c1. The molecule has 0 aliphatic carbocycles. The predicted molar refractivity (Wildman–Crippen MR) is 129 cm³/mol. The van der Waals surface area contributed by atoms with Crippen molar-refractivity contribution in [1.82, 2.24) is 15.3 Å². The third-order valence-electron chi connectivity index (χ3n) is 4.22. The van der Waals surface area contributed by atoms with Crippen LogP contribution in [0, 0.1) is 0 Å². The molecule has 2 N–H and O–H groups in total. The lowest BCUT2D eigenvalue weighted by Crippen LogP contribution is -2.34. The molecule has 0 fully saturated rings. The number of thiocarbonyl (C=S) groups is 1. The molecule has 0 spiro atoms. The van der Waals surface area contributed by atoms with Gasteiger partial charge >= 0.3 is 0 Å². The minimum atomic E-state index is -0.349. The zero-order chi connectivity index (χ0) is 22.0. The molecule has 156 valence electrons. The highest BCUT2D eigenvalue weighted by Gasteiger charge is 2.12. The smallest absolute Gasteiger partial charge is 0.259 e. The number of carbonyl (C=O) groups excluding carboxylic acids is 1. The first-order valence-electron chi connectivity index (χ1n) is 8.93. The highest BCUT2D eigenvalue weighted by Crippen LogP contribution is 2.29. The summed E-state index contributed by atoms with van der Waals surface area (Å²) in [6.07, 6.45) is 3.55. The van der Waals surface area contributed by atoms with E-state index in [4.69, 9.17) is 39.8 Å². The Labute approximate surface area is 201 Å². The van der Waals surface area contributed by atoms with Crippen molar-refractivity contribution in [2.75, 3.05) is 5.32 Å². The van der Waals surface area contributed by atoms with Gasteiger partial charge in [-0.2, -0.15) is 0 Å². The van der Waals surface area contributed by atoms with Gasteiger partial charge in [-0.15, -0.1) is 0 Å². The van der Waals surface area contributed by atoms with Crippen LogP contribution >= 0.6 is 51.3 Å². The second-order valence-electron chi connectivity index (χ2n) is 6.52. The van der Waals surface area contributed by atoms with Crippen LogP contribution in [0.15, 0.2) is 63.7 Å². The molecule has 0 aliphatic rings. The quantitative estimate of drug-likeness (QED) is 0.311. The number of hydrogen-bond donors (Lipinski definition) is 2. The third kappa shape index (κ3) is 5.40. The summed E-state index contributed by atoms with van der Waals surface area (Å²) >= 11 is 20.7. The van der Waals surface area contributed by atoms with E-state index in [-0.39, 0.29) is 11.0 Å². The molecule has 0 saturated carbocycles. The maximum atomic E-state index is 12.2. The summed E-state index contributed by atoms with van der Waals surface area (Å²) < 4.78 is 6.46. The van der Waals surface area contributed by atoms with Crippen molar-refractivity contribution in [2.24, 2.45) is 0 Å². The molecule has 0 bridgehead atoms. The van der Waals surface area contributed by atoms with Gasteiger partial charge in [-0.1, -0.05) is 35.3 Å². The first-order chi connectivity index (χ1) is 14.9. The fourth-order valence-electron chi connectivity index (χ4n) is 2.84. The zero-order valence-electron chi connectivity index (χ0n) is 15.7. The maximum absolute atomic E-state index is 12.2. The number of nitrogens with zero attached hydrogens (tertiary/aromatic N) is 2. The van der Waals surface area contributed by atoms with Gasteiger partial charge in [0.1, 0.15) is 5.52 Å². The normalized spacial score (nSPS) is 10.8. The van der Waals surface area contributed by atoms with E-state index >= 15 is 0 Å². The number of fused-ring (bicyclic) bond motifs is 1. The summed E-state index contributed by atoms with van der Waals surface area (Å²) in [5.41, 5.74) is 3.24. The van der Waals surface area contributed by atoms with E-state index in [1.165, 1.54) is 6.20 Å². The molecule has 0 saturated heterocycles. The Morgan fingerprint density at radius 3 is 2.65 bits per heavy atom. The van der Waals surface area contributed by atoms with Crippen LogP contribution in [0.25, 0.3) is 11.1 Å². The van der Waals surface area contributed by atoms with E-state index in [1.807, 2.05) is 24.3 Å². The van der Waals surface area contributed by atoms with E-state index in [1.54, 1.807) is 24.4 Å². The number of aromatic nitrogens is 2. The molecule has 10 heteroatoms. The molecular formula is C21H13BrCl2N4O2S. The predicted octanol–water partition coefficient (Wildman–Crippen LogP) is 6.01. The summed E-state index contributed by atoms with van der Waals surface area (Å²) in [7, 11) is 0. The average Bonchev–Trinajstić information content (AvgIpc) is 3.12.